The fourth-order valence-corrected chi connectivity index (χ4v) is 2.31. The van der Waals surface area contributed by atoms with Gasteiger partial charge in [-0.2, -0.15) is 0 Å². The van der Waals surface area contributed by atoms with Gasteiger partial charge < -0.3 is 10.6 Å². The average molecular weight is 353 g/mol. The molecule has 2 aromatic carbocycles. The summed E-state index contributed by atoms with van der Waals surface area (Å²) in [5.74, 6) is -1.80. The molecule has 0 aliphatic carbocycles. The van der Waals surface area contributed by atoms with E-state index in [0.29, 0.717) is 17.9 Å². The number of carbonyl (C=O) groups is 1. The van der Waals surface area contributed by atoms with Crippen molar-refractivity contribution < 1.29 is 13.6 Å². The summed E-state index contributed by atoms with van der Waals surface area (Å²) >= 11 is 0. The topological polar surface area (TPSA) is 54.0 Å². The first-order chi connectivity index (χ1) is 12.5. The Morgan fingerprint density at radius 3 is 2.42 bits per heavy atom. The van der Waals surface area contributed by atoms with E-state index in [0.717, 1.165) is 17.7 Å². The number of aryl methyl sites for hydroxylation is 1. The lowest BCUT2D eigenvalue weighted by atomic mass is 10.1. The molecule has 0 unspecified atom stereocenters. The first-order valence-electron chi connectivity index (χ1n) is 8.03. The molecule has 0 aliphatic rings. The molecule has 1 amide bonds. The molecule has 1 heterocycles. The van der Waals surface area contributed by atoms with E-state index in [2.05, 4.69) is 15.6 Å². The zero-order chi connectivity index (χ0) is 18.5. The molecule has 3 rings (SSSR count). The standard InChI is InChI=1S/C20H17F2N3O/c1-13-2-4-14(5-3-13)11-23-19-9-6-15(12-24-19)20(26)25-16-7-8-17(21)18(22)10-16/h2-10,12H,11H2,1H3,(H,23,24)(H,25,26). The summed E-state index contributed by atoms with van der Waals surface area (Å²) in [7, 11) is 0. The summed E-state index contributed by atoms with van der Waals surface area (Å²) in [6, 6.07) is 14.6. The Bertz CT molecular complexity index is 909. The number of carbonyl (C=O) groups excluding carboxylic acids is 1. The van der Waals surface area contributed by atoms with Gasteiger partial charge in [0, 0.05) is 24.5 Å². The van der Waals surface area contributed by atoms with Crippen molar-refractivity contribution in [2.75, 3.05) is 10.6 Å². The molecule has 4 nitrogen and oxygen atoms in total. The van der Waals surface area contributed by atoms with Crippen molar-refractivity contribution in [3.8, 4) is 0 Å². The lowest BCUT2D eigenvalue weighted by Crippen LogP contribution is -2.13. The van der Waals surface area contributed by atoms with E-state index in [-0.39, 0.29) is 5.69 Å². The van der Waals surface area contributed by atoms with E-state index < -0.39 is 17.5 Å². The summed E-state index contributed by atoms with van der Waals surface area (Å²) in [5.41, 5.74) is 2.81. The van der Waals surface area contributed by atoms with Crippen molar-refractivity contribution in [1.29, 1.82) is 0 Å². The van der Waals surface area contributed by atoms with Gasteiger partial charge in [0.2, 0.25) is 0 Å². The van der Waals surface area contributed by atoms with E-state index in [1.54, 1.807) is 12.1 Å². The molecule has 1 aromatic heterocycles. The second-order valence-corrected chi connectivity index (χ2v) is 5.85. The van der Waals surface area contributed by atoms with Crippen LogP contribution in [0.25, 0.3) is 0 Å². The molecule has 0 radical (unpaired) electrons. The number of anilines is 2. The minimum atomic E-state index is -1.02. The number of hydrogen-bond acceptors (Lipinski definition) is 3. The number of amides is 1. The van der Waals surface area contributed by atoms with Crippen LogP contribution in [0.2, 0.25) is 0 Å². The highest BCUT2D eigenvalue weighted by molar-refractivity contribution is 6.04. The minimum absolute atomic E-state index is 0.176. The van der Waals surface area contributed by atoms with Gasteiger partial charge in [-0.1, -0.05) is 29.8 Å². The lowest BCUT2D eigenvalue weighted by Gasteiger charge is -2.08. The summed E-state index contributed by atoms with van der Waals surface area (Å²) in [4.78, 5) is 16.3. The average Bonchev–Trinajstić information content (AvgIpc) is 2.65. The van der Waals surface area contributed by atoms with Crippen LogP contribution in [-0.2, 0) is 6.54 Å². The van der Waals surface area contributed by atoms with Gasteiger partial charge in [0.05, 0.1) is 5.56 Å². The van der Waals surface area contributed by atoms with Crippen LogP contribution in [0.4, 0.5) is 20.3 Å². The normalized spacial score (nSPS) is 10.4. The van der Waals surface area contributed by atoms with Gasteiger partial charge in [-0.05, 0) is 36.8 Å². The highest BCUT2D eigenvalue weighted by atomic mass is 19.2. The van der Waals surface area contributed by atoms with Crippen molar-refractivity contribution in [2.24, 2.45) is 0 Å². The van der Waals surface area contributed by atoms with Crippen molar-refractivity contribution >= 4 is 17.4 Å². The molecule has 0 bridgehead atoms. The Hall–Kier alpha value is -3.28. The van der Waals surface area contributed by atoms with Crippen molar-refractivity contribution in [1.82, 2.24) is 4.98 Å². The quantitative estimate of drug-likeness (QED) is 0.708. The van der Waals surface area contributed by atoms with Crippen LogP contribution in [-0.4, -0.2) is 10.9 Å². The Morgan fingerprint density at radius 1 is 1.00 bits per heavy atom. The molecular formula is C20H17F2N3O. The molecular weight excluding hydrogens is 336 g/mol. The van der Waals surface area contributed by atoms with Crippen LogP contribution >= 0.6 is 0 Å². The molecule has 0 atom stereocenters. The molecule has 132 valence electrons. The van der Waals surface area contributed by atoms with E-state index in [9.17, 15) is 13.6 Å². The lowest BCUT2D eigenvalue weighted by molar-refractivity contribution is 0.102. The molecule has 26 heavy (non-hydrogen) atoms. The van der Waals surface area contributed by atoms with Crippen molar-refractivity contribution in [2.45, 2.75) is 13.5 Å². The van der Waals surface area contributed by atoms with Gasteiger partial charge in [0.1, 0.15) is 5.82 Å². The number of nitrogens with zero attached hydrogens (tertiary/aromatic N) is 1. The third-order valence-electron chi connectivity index (χ3n) is 3.80. The maximum atomic E-state index is 13.2. The summed E-state index contributed by atoms with van der Waals surface area (Å²) in [5, 5.41) is 5.68. The van der Waals surface area contributed by atoms with E-state index in [4.69, 9.17) is 0 Å². The van der Waals surface area contributed by atoms with Gasteiger partial charge in [-0.3, -0.25) is 4.79 Å². The summed E-state index contributed by atoms with van der Waals surface area (Å²) in [6.07, 6.45) is 1.42. The van der Waals surface area contributed by atoms with Crippen LogP contribution in [0.5, 0.6) is 0 Å². The predicted molar refractivity (Wildman–Crippen MR) is 97.1 cm³/mol. The maximum absolute atomic E-state index is 13.2. The number of pyridine rings is 1. The first kappa shape index (κ1) is 17.5. The zero-order valence-corrected chi connectivity index (χ0v) is 14.1. The van der Waals surface area contributed by atoms with Crippen LogP contribution < -0.4 is 10.6 Å². The third kappa shape index (κ3) is 4.42. The number of aromatic nitrogens is 1. The summed E-state index contributed by atoms with van der Waals surface area (Å²) in [6.45, 7) is 2.65. The van der Waals surface area contributed by atoms with Crippen LogP contribution in [0.3, 0.4) is 0 Å². The molecule has 0 spiro atoms. The van der Waals surface area contributed by atoms with Crippen LogP contribution in [0.1, 0.15) is 21.5 Å². The number of hydrogen-bond donors (Lipinski definition) is 2. The molecule has 0 fully saturated rings. The Balaban J connectivity index is 1.60. The first-order valence-corrected chi connectivity index (χ1v) is 8.03. The zero-order valence-electron chi connectivity index (χ0n) is 14.1. The SMILES string of the molecule is Cc1ccc(CNc2ccc(C(=O)Nc3ccc(F)c(F)c3)cn2)cc1. The largest absolute Gasteiger partial charge is 0.366 e. The number of nitrogens with one attached hydrogen (secondary N) is 2. The molecule has 6 heteroatoms. The molecule has 3 aromatic rings. The van der Waals surface area contributed by atoms with Gasteiger partial charge >= 0.3 is 0 Å². The highest BCUT2D eigenvalue weighted by Crippen LogP contribution is 2.15. The van der Waals surface area contributed by atoms with Crippen molar-refractivity contribution in [3.05, 3.63) is 89.1 Å². The van der Waals surface area contributed by atoms with Crippen LogP contribution in [0, 0.1) is 18.6 Å². The van der Waals surface area contributed by atoms with Gasteiger partial charge in [-0.15, -0.1) is 0 Å². The van der Waals surface area contributed by atoms with E-state index in [1.165, 1.54) is 17.8 Å². The predicted octanol–water partition coefficient (Wildman–Crippen LogP) is 4.53. The molecule has 0 saturated heterocycles. The molecule has 2 N–H and O–H groups in total. The fraction of sp³-hybridized carbons (Fsp3) is 0.100. The monoisotopic (exact) mass is 353 g/mol. The van der Waals surface area contributed by atoms with Gasteiger partial charge in [0.15, 0.2) is 11.6 Å². The van der Waals surface area contributed by atoms with E-state index in [1.807, 2.05) is 31.2 Å². The Labute approximate surface area is 149 Å². The highest BCUT2D eigenvalue weighted by Gasteiger charge is 2.09. The van der Waals surface area contributed by atoms with Gasteiger partial charge in [-0.25, -0.2) is 13.8 Å². The Morgan fingerprint density at radius 2 is 1.77 bits per heavy atom. The summed E-state index contributed by atoms with van der Waals surface area (Å²) < 4.78 is 26.1. The second kappa shape index (κ2) is 7.74. The fourth-order valence-electron chi connectivity index (χ4n) is 2.31. The molecule has 0 aliphatic heterocycles. The molecule has 0 saturated carbocycles. The number of rotatable bonds is 5. The Kier molecular flexibility index (Phi) is 5.22. The number of halogens is 2. The number of benzene rings is 2. The van der Waals surface area contributed by atoms with E-state index >= 15 is 0 Å². The van der Waals surface area contributed by atoms with Crippen molar-refractivity contribution in [3.63, 3.8) is 0 Å². The minimum Gasteiger partial charge on any atom is -0.366 e. The van der Waals surface area contributed by atoms with Gasteiger partial charge in [0.25, 0.3) is 5.91 Å². The second-order valence-electron chi connectivity index (χ2n) is 5.85. The smallest absolute Gasteiger partial charge is 0.257 e. The third-order valence-corrected chi connectivity index (χ3v) is 3.80. The van der Waals surface area contributed by atoms with Crippen LogP contribution in [0.15, 0.2) is 60.8 Å². The maximum Gasteiger partial charge on any atom is 0.257 e.